The fourth-order valence-corrected chi connectivity index (χ4v) is 5.10. The van der Waals surface area contributed by atoms with Gasteiger partial charge in [-0.05, 0) is 64.2 Å². The van der Waals surface area contributed by atoms with Crippen LogP contribution in [-0.4, -0.2) is 24.1 Å². The maximum Gasteiger partial charge on any atom is 0.306 e. The highest BCUT2D eigenvalue weighted by Crippen LogP contribution is 2.18. The first-order valence-corrected chi connectivity index (χ1v) is 17.0. The molecular formula is C34H66O4. The summed E-state index contributed by atoms with van der Waals surface area (Å²) in [5.74, 6) is -0.0131. The first-order chi connectivity index (χ1) is 18.6. The molecule has 0 saturated carbocycles. The second kappa shape index (κ2) is 28.9. The molecule has 0 heterocycles. The number of unbranched alkanes of at least 4 members (excludes halogenated alkanes) is 15. The molecule has 0 aromatic heterocycles. The smallest absolute Gasteiger partial charge is 0.306 e. The summed E-state index contributed by atoms with van der Waals surface area (Å²) in [6.45, 7) is 8.89. The Balaban J connectivity index is 3.98. The zero-order valence-corrected chi connectivity index (χ0v) is 26.2. The van der Waals surface area contributed by atoms with E-state index in [4.69, 9.17) is 9.47 Å². The van der Waals surface area contributed by atoms with Crippen molar-refractivity contribution in [3.63, 3.8) is 0 Å². The fraction of sp³-hybridized carbons (Fsp3) is 0.941. The number of carbonyl (C=O) groups excluding carboxylic acids is 2. The van der Waals surface area contributed by atoms with Crippen molar-refractivity contribution in [2.24, 2.45) is 0 Å². The fourth-order valence-electron chi connectivity index (χ4n) is 5.10. The highest BCUT2D eigenvalue weighted by Gasteiger charge is 2.15. The lowest BCUT2D eigenvalue weighted by atomic mass is 10.0. The van der Waals surface area contributed by atoms with E-state index >= 15 is 0 Å². The predicted molar refractivity (Wildman–Crippen MR) is 162 cm³/mol. The Morgan fingerprint density at radius 3 is 1.00 bits per heavy atom. The minimum absolute atomic E-state index is 0.00356. The van der Waals surface area contributed by atoms with Gasteiger partial charge in [0.2, 0.25) is 0 Å². The van der Waals surface area contributed by atoms with E-state index in [1.165, 1.54) is 77.0 Å². The highest BCUT2D eigenvalue weighted by molar-refractivity contribution is 5.69. The number of hydrogen-bond donors (Lipinski definition) is 0. The van der Waals surface area contributed by atoms with Gasteiger partial charge in [-0.2, -0.15) is 0 Å². The molecule has 0 fully saturated rings. The number of esters is 2. The van der Waals surface area contributed by atoms with Gasteiger partial charge >= 0.3 is 11.9 Å². The molecule has 0 radical (unpaired) electrons. The van der Waals surface area contributed by atoms with Crippen molar-refractivity contribution in [2.75, 3.05) is 0 Å². The Labute approximate surface area is 237 Å². The Hall–Kier alpha value is -1.06. The van der Waals surface area contributed by atoms with Gasteiger partial charge in [-0.25, -0.2) is 0 Å². The third kappa shape index (κ3) is 25.2. The van der Waals surface area contributed by atoms with Crippen molar-refractivity contribution in [3.8, 4) is 0 Å². The topological polar surface area (TPSA) is 52.6 Å². The molecule has 0 rings (SSSR count). The maximum absolute atomic E-state index is 12.4. The standard InChI is InChI=1S/C34H66O4/c1-5-9-13-21-27-32(28-22-14-10-6-2)38-34(36)30-24-18-16-15-17-23-29-33(35)37-31(25-19-11-7-3)26-20-12-8-4/h31-32H,5-30H2,1-4H3. The van der Waals surface area contributed by atoms with Crippen molar-refractivity contribution in [1.82, 2.24) is 0 Å². The number of ether oxygens (including phenoxy) is 2. The maximum atomic E-state index is 12.4. The summed E-state index contributed by atoms with van der Waals surface area (Å²) in [5.41, 5.74) is 0. The van der Waals surface area contributed by atoms with E-state index in [2.05, 4.69) is 27.7 Å². The van der Waals surface area contributed by atoms with E-state index in [-0.39, 0.29) is 24.1 Å². The molecule has 0 N–H and O–H groups in total. The second-order valence-electron chi connectivity index (χ2n) is 11.5. The van der Waals surface area contributed by atoms with Gasteiger partial charge in [-0.3, -0.25) is 9.59 Å². The average molecular weight is 539 g/mol. The van der Waals surface area contributed by atoms with Crippen LogP contribution in [0.5, 0.6) is 0 Å². The second-order valence-corrected chi connectivity index (χ2v) is 11.5. The monoisotopic (exact) mass is 538 g/mol. The summed E-state index contributed by atoms with van der Waals surface area (Å²) in [6, 6.07) is 0. The molecule has 0 amide bonds. The van der Waals surface area contributed by atoms with Crippen LogP contribution in [0.4, 0.5) is 0 Å². The SMILES string of the molecule is CCCCCCC(CCCCCC)OC(=O)CCCCCCCCC(=O)OC(CCCCC)CCCCC. The molecular weight excluding hydrogens is 472 g/mol. The molecule has 0 aliphatic carbocycles. The van der Waals surface area contributed by atoms with Gasteiger partial charge < -0.3 is 9.47 Å². The van der Waals surface area contributed by atoms with Crippen LogP contribution >= 0.6 is 0 Å². The zero-order valence-electron chi connectivity index (χ0n) is 26.2. The van der Waals surface area contributed by atoms with E-state index in [9.17, 15) is 9.59 Å². The minimum atomic E-state index is -0.00955. The van der Waals surface area contributed by atoms with Crippen molar-refractivity contribution in [3.05, 3.63) is 0 Å². The van der Waals surface area contributed by atoms with E-state index in [1.807, 2.05) is 0 Å². The van der Waals surface area contributed by atoms with Crippen molar-refractivity contribution in [2.45, 2.75) is 207 Å². The number of rotatable bonds is 29. The van der Waals surface area contributed by atoms with Crippen molar-refractivity contribution in [1.29, 1.82) is 0 Å². The molecule has 0 spiro atoms. The molecule has 0 atom stereocenters. The normalized spacial score (nSPS) is 11.4. The van der Waals surface area contributed by atoms with Gasteiger partial charge in [0.25, 0.3) is 0 Å². The third-order valence-electron chi connectivity index (χ3n) is 7.63. The van der Waals surface area contributed by atoms with Crippen LogP contribution in [0.2, 0.25) is 0 Å². The third-order valence-corrected chi connectivity index (χ3v) is 7.63. The van der Waals surface area contributed by atoms with Gasteiger partial charge in [0.05, 0.1) is 0 Å². The van der Waals surface area contributed by atoms with E-state index in [1.54, 1.807) is 0 Å². The molecule has 0 aromatic rings. The molecule has 0 aliphatic heterocycles. The highest BCUT2D eigenvalue weighted by atomic mass is 16.5. The first kappa shape index (κ1) is 36.9. The Bertz CT molecular complexity index is 497. The predicted octanol–water partition coefficient (Wildman–Crippen LogP) is 11.0. The summed E-state index contributed by atoms with van der Waals surface area (Å²) in [7, 11) is 0. The van der Waals surface area contributed by atoms with Crippen LogP contribution < -0.4 is 0 Å². The van der Waals surface area contributed by atoms with E-state index in [0.717, 1.165) is 77.0 Å². The molecule has 0 aliphatic rings. The largest absolute Gasteiger partial charge is 0.462 e. The lowest BCUT2D eigenvalue weighted by molar-refractivity contribution is -0.151. The Morgan fingerprint density at radius 1 is 0.395 bits per heavy atom. The van der Waals surface area contributed by atoms with Crippen LogP contribution in [0, 0.1) is 0 Å². The van der Waals surface area contributed by atoms with Crippen LogP contribution in [-0.2, 0) is 19.1 Å². The lowest BCUT2D eigenvalue weighted by Gasteiger charge is -2.18. The van der Waals surface area contributed by atoms with Gasteiger partial charge in [0, 0.05) is 12.8 Å². The number of hydrogen-bond acceptors (Lipinski definition) is 4. The molecule has 0 unspecified atom stereocenters. The van der Waals surface area contributed by atoms with Crippen LogP contribution in [0.25, 0.3) is 0 Å². The van der Waals surface area contributed by atoms with Crippen molar-refractivity contribution < 1.29 is 19.1 Å². The summed E-state index contributed by atoms with van der Waals surface area (Å²) in [5, 5.41) is 0. The molecule has 4 heteroatoms. The van der Waals surface area contributed by atoms with E-state index in [0.29, 0.717) is 12.8 Å². The minimum Gasteiger partial charge on any atom is -0.462 e. The van der Waals surface area contributed by atoms with Crippen LogP contribution in [0.1, 0.15) is 195 Å². The average Bonchev–Trinajstić information content (AvgIpc) is 2.90. The van der Waals surface area contributed by atoms with Crippen molar-refractivity contribution >= 4 is 11.9 Å². The summed E-state index contributed by atoms with van der Waals surface area (Å²) in [6.07, 6.45) is 28.6. The molecule has 0 bridgehead atoms. The van der Waals surface area contributed by atoms with Crippen LogP contribution in [0.15, 0.2) is 0 Å². The van der Waals surface area contributed by atoms with Crippen LogP contribution in [0.3, 0.4) is 0 Å². The van der Waals surface area contributed by atoms with Gasteiger partial charge in [0.15, 0.2) is 0 Å². The Morgan fingerprint density at radius 2 is 0.658 bits per heavy atom. The van der Waals surface area contributed by atoms with Gasteiger partial charge in [0.1, 0.15) is 12.2 Å². The number of carbonyl (C=O) groups is 2. The molecule has 0 saturated heterocycles. The van der Waals surface area contributed by atoms with Gasteiger partial charge in [-0.15, -0.1) is 0 Å². The Kier molecular flexibility index (Phi) is 28.1. The summed E-state index contributed by atoms with van der Waals surface area (Å²) < 4.78 is 11.7. The molecule has 0 aromatic carbocycles. The van der Waals surface area contributed by atoms with Gasteiger partial charge in [-0.1, -0.05) is 118 Å². The van der Waals surface area contributed by atoms with E-state index < -0.39 is 0 Å². The molecule has 38 heavy (non-hydrogen) atoms. The zero-order chi connectivity index (χ0) is 28.1. The summed E-state index contributed by atoms with van der Waals surface area (Å²) in [4.78, 5) is 24.8. The lowest BCUT2D eigenvalue weighted by Crippen LogP contribution is -2.18. The molecule has 4 nitrogen and oxygen atoms in total. The summed E-state index contributed by atoms with van der Waals surface area (Å²) >= 11 is 0. The quantitative estimate of drug-likeness (QED) is 0.0702. The molecule has 226 valence electrons. The first-order valence-electron chi connectivity index (χ1n) is 17.0.